The summed E-state index contributed by atoms with van der Waals surface area (Å²) in [6, 6.07) is 7.01. The maximum atomic E-state index is 12.2. The van der Waals surface area contributed by atoms with Crippen LogP contribution in [0.3, 0.4) is 0 Å². The SMILES string of the molecule is CCCCCCCCC(=O)C(C#N)c1ccc(Cl)c(Cl)c1. The van der Waals surface area contributed by atoms with E-state index in [2.05, 4.69) is 13.0 Å². The number of ketones is 1. The topological polar surface area (TPSA) is 40.9 Å². The van der Waals surface area contributed by atoms with Crippen LogP contribution < -0.4 is 0 Å². The summed E-state index contributed by atoms with van der Waals surface area (Å²) in [5.74, 6) is -0.776. The predicted molar refractivity (Wildman–Crippen MR) is 87.8 cm³/mol. The lowest BCUT2D eigenvalue weighted by molar-refractivity contribution is -0.119. The second-order valence-electron chi connectivity index (χ2n) is 5.22. The van der Waals surface area contributed by atoms with Gasteiger partial charge in [0.15, 0.2) is 5.78 Å². The van der Waals surface area contributed by atoms with Gasteiger partial charge in [0, 0.05) is 6.42 Å². The molecule has 0 saturated heterocycles. The smallest absolute Gasteiger partial charge is 0.154 e. The fraction of sp³-hybridized carbons (Fsp3) is 0.529. The Labute approximate surface area is 137 Å². The van der Waals surface area contributed by atoms with Gasteiger partial charge in [-0.15, -0.1) is 0 Å². The number of carbonyl (C=O) groups is 1. The zero-order valence-electron chi connectivity index (χ0n) is 12.4. The van der Waals surface area contributed by atoms with E-state index in [1.807, 2.05) is 0 Å². The van der Waals surface area contributed by atoms with Crippen molar-refractivity contribution in [2.75, 3.05) is 0 Å². The van der Waals surface area contributed by atoms with Crippen molar-refractivity contribution in [3.63, 3.8) is 0 Å². The first-order valence-electron chi connectivity index (χ1n) is 7.47. The maximum Gasteiger partial charge on any atom is 0.154 e. The summed E-state index contributed by atoms with van der Waals surface area (Å²) in [4.78, 5) is 12.2. The molecule has 21 heavy (non-hydrogen) atoms. The number of unbranched alkanes of at least 4 members (excludes halogenated alkanes) is 5. The van der Waals surface area contributed by atoms with E-state index >= 15 is 0 Å². The van der Waals surface area contributed by atoms with E-state index < -0.39 is 5.92 Å². The predicted octanol–water partition coefficient (Wildman–Crippen LogP) is 5.92. The molecule has 0 amide bonds. The third-order valence-corrected chi connectivity index (χ3v) is 4.24. The highest BCUT2D eigenvalue weighted by Gasteiger charge is 2.20. The van der Waals surface area contributed by atoms with E-state index in [9.17, 15) is 10.1 Å². The average Bonchev–Trinajstić information content (AvgIpc) is 2.47. The van der Waals surface area contributed by atoms with Crippen LogP contribution in [0.15, 0.2) is 18.2 Å². The fourth-order valence-electron chi connectivity index (χ4n) is 2.25. The van der Waals surface area contributed by atoms with Crippen LogP contribution in [0.25, 0.3) is 0 Å². The van der Waals surface area contributed by atoms with Gasteiger partial charge in [0.25, 0.3) is 0 Å². The second-order valence-corrected chi connectivity index (χ2v) is 6.03. The van der Waals surface area contributed by atoms with Crippen molar-refractivity contribution in [3.05, 3.63) is 33.8 Å². The number of Topliss-reactive ketones (excluding diaryl/α,β-unsaturated/α-hetero) is 1. The lowest BCUT2D eigenvalue weighted by Crippen LogP contribution is -2.10. The van der Waals surface area contributed by atoms with Crippen molar-refractivity contribution in [2.24, 2.45) is 0 Å². The van der Waals surface area contributed by atoms with Crippen molar-refractivity contribution in [3.8, 4) is 6.07 Å². The Hall–Kier alpha value is -1.04. The molecule has 0 N–H and O–H groups in total. The molecule has 1 atom stereocenters. The van der Waals surface area contributed by atoms with Gasteiger partial charge in [-0.3, -0.25) is 4.79 Å². The third-order valence-electron chi connectivity index (χ3n) is 3.50. The van der Waals surface area contributed by atoms with Gasteiger partial charge in [-0.25, -0.2) is 0 Å². The Kier molecular flexibility index (Phi) is 8.42. The van der Waals surface area contributed by atoms with Crippen molar-refractivity contribution in [1.29, 1.82) is 5.26 Å². The first-order chi connectivity index (χ1) is 10.1. The maximum absolute atomic E-state index is 12.2. The molecule has 0 aromatic heterocycles. The zero-order chi connectivity index (χ0) is 15.7. The minimum atomic E-state index is -0.740. The number of nitrogens with zero attached hydrogens (tertiary/aromatic N) is 1. The van der Waals surface area contributed by atoms with E-state index in [0.717, 1.165) is 19.3 Å². The highest BCUT2D eigenvalue weighted by Crippen LogP contribution is 2.27. The molecular weight excluding hydrogens is 305 g/mol. The highest BCUT2D eigenvalue weighted by molar-refractivity contribution is 6.42. The van der Waals surface area contributed by atoms with Gasteiger partial charge < -0.3 is 0 Å². The second kappa shape index (κ2) is 9.82. The summed E-state index contributed by atoms with van der Waals surface area (Å²) >= 11 is 11.8. The number of carbonyl (C=O) groups excluding carboxylic acids is 1. The number of hydrogen-bond acceptors (Lipinski definition) is 2. The van der Waals surface area contributed by atoms with Gasteiger partial charge in [0.05, 0.1) is 16.1 Å². The molecule has 1 rings (SSSR count). The number of benzene rings is 1. The normalized spacial score (nSPS) is 11.9. The van der Waals surface area contributed by atoms with Gasteiger partial charge >= 0.3 is 0 Å². The Morgan fingerprint density at radius 3 is 2.43 bits per heavy atom. The van der Waals surface area contributed by atoms with Crippen molar-refractivity contribution in [1.82, 2.24) is 0 Å². The van der Waals surface area contributed by atoms with Gasteiger partial charge in [-0.1, -0.05) is 68.3 Å². The summed E-state index contributed by atoms with van der Waals surface area (Å²) < 4.78 is 0. The van der Waals surface area contributed by atoms with Crippen LogP contribution in [0.2, 0.25) is 10.0 Å². The van der Waals surface area contributed by atoms with Crippen molar-refractivity contribution >= 4 is 29.0 Å². The quantitative estimate of drug-likeness (QED) is 0.528. The molecule has 0 aliphatic rings. The van der Waals surface area contributed by atoms with Gasteiger partial charge in [0.1, 0.15) is 5.92 Å². The van der Waals surface area contributed by atoms with E-state index in [-0.39, 0.29) is 5.78 Å². The monoisotopic (exact) mass is 325 g/mol. The third kappa shape index (κ3) is 6.08. The molecule has 0 saturated carbocycles. The molecule has 0 heterocycles. The van der Waals surface area contributed by atoms with Gasteiger partial charge in [-0.2, -0.15) is 5.26 Å². The lowest BCUT2D eigenvalue weighted by atomic mass is 9.93. The number of nitriles is 1. The summed E-state index contributed by atoms with van der Waals surface area (Å²) in [5.41, 5.74) is 0.628. The Morgan fingerprint density at radius 2 is 1.81 bits per heavy atom. The van der Waals surface area contributed by atoms with Crippen molar-refractivity contribution < 1.29 is 4.79 Å². The molecule has 0 aliphatic heterocycles. The molecule has 2 nitrogen and oxygen atoms in total. The molecule has 0 aliphatic carbocycles. The van der Waals surface area contributed by atoms with E-state index in [4.69, 9.17) is 23.2 Å². The van der Waals surface area contributed by atoms with Crippen LogP contribution in [0, 0.1) is 11.3 Å². The van der Waals surface area contributed by atoms with Crippen LogP contribution in [-0.2, 0) is 4.79 Å². The first kappa shape index (κ1) is 18.0. The minimum absolute atomic E-state index is 0.0358. The molecular formula is C17H21Cl2NO. The number of rotatable bonds is 9. The molecule has 0 spiro atoms. The van der Waals surface area contributed by atoms with Crippen LogP contribution in [-0.4, -0.2) is 5.78 Å². The van der Waals surface area contributed by atoms with E-state index in [0.29, 0.717) is 22.0 Å². The summed E-state index contributed by atoms with van der Waals surface area (Å²) in [5, 5.41) is 10.0. The Bertz CT molecular complexity index is 508. The van der Waals surface area contributed by atoms with Crippen molar-refractivity contribution in [2.45, 2.75) is 57.8 Å². The van der Waals surface area contributed by atoms with Crippen LogP contribution in [0.4, 0.5) is 0 Å². The van der Waals surface area contributed by atoms with Gasteiger partial charge in [-0.05, 0) is 24.1 Å². The van der Waals surface area contributed by atoms with Crippen LogP contribution in [0.1, 0.15) is 63.4 Å². The molecule has 114 valence electrons. The molecule has 1 unspecified atom stereocenters. The lowest BCUT2D eigenvalue weighted by Gasteiger charge is -2.09. The molecule has 1 aromatic carbocycles. The summed E-state index contributed by atoms with van der Waals surface area (Å²) in [7, 11) is 0. The molecule has 1 aromatic rings. The Morgan fingerprint density at radius 1 is 1.14 bits per heavy atom. The van der Waals surface area contributed by atoms with Crippen LogP contribution in [0.5, 0.6) is 0 Å². The minimum Gasteiger partial charge on any atom is -0.298 e. The average molecular weight is 326 g/mol. The first-order valence-corrected chi connectivity index (χ1v) is 8.23. The molecule has 0 fully saturated rings. The molecule has 0 radical (unpaired) electrons. The number of halogens is 2. The fourth-order valence-corrected chi connectivity index (χ4v) is 2.55. The summed E-state index contributed by atoms with van der Waals surface area (Å²) in [6.07, 6.45) is 7.19. The number of hydrogen-bond donors (Lipinski definition) is 0. The zero-order valence-corrected chi connectivity index (χ0v) is 13.9. The molecule has 0 bridgehead atoms. The largest absolute Gasteiger partial charge is 0.298 e. The molecule has 4 heteroatoms. The van der Waals surface area contributed by atoms with E-state index in [1.165, 1.54) is 19.3 Å². The van der Waals surface area contributed by atoms with Crippen LogP contribution >= 0.6 is 23.2 Å². The highest BCUT2D eigenvalue weighted by atomic mass is 35.5. The van der Waals surface area contributed by atoms with E-state index in [1.54, 1.807) is 18.2 Å². The summed E-state index contributed by atoms with van der Waals surface area (Å²) in [6.45, 7) is 2.18. The standard InChI is InChI=1S/C17H21Cl2NO/c1-2-3-4-5-6-7-8-17(21)14(12-20)13-9-10-15(18)16(19)11-13/h9-11,14H,2-8H2,1H3. The van der Waals surface area contributed by atoms with Gasteiger partial charge in [0.2, 0.25) is 0 Å². The Balaban J connectivity index is 2.50.